The van der Waals surface area contributed by atoms with Gasteiger partial charge in [0.25, 0.3) is 0 Å². The Balaban J connectivity index is 1.57. The monoisotopic (exact) mass is 791 g/mol. The molecule has 58 heavy (non-hydrogen) atoms. The minimum absolute atomic E-state index is 0.277. The average Bonchev–Trinajstić information content (AvgIpc) is 3.17. The first-order valence-corrected chi connectivity index (χ1v) is 23.2. The molecule has 2 nitrogen and oxygen atoms in total. The summed E-state index contributed by atoms with van der Waals surface area (Å²) >= 11 is 0. The summed E-state index contributed by atoms with van der Waals surface area (Å²) in [6.45, 7) is 24.8. The highest BCUT2D eigenvalue weighted by molar-refractivity contribution is 5.95. The molecule has 2 aromatic carbocycles. The lowest BCUT2D eigenvalue weighted by Gasteiger charge is -2.14. The van der Waals surface area contributed by atoms with Gasteiger partial charge in [0.15, 0.2) is 0 Å². The van der Waals surface area contributed by atoms with Crippen LogP contribution in [0.5, 0.6) is 11.5 Å². The molecule has 0 saturated carbocycles. The van der Waals surface area contributed by atoms with Crippen molar-refractivity contribution in [1.29, 1.82) is 0 Å². The van der Waals surface area contributed by atoms with Gasteiger partial charge in [0.1, 0.15) is 11.5 Å². The molecule has 2 rings (SSSR count). The van der Waals surface area contributed by atoms with Gasteiger partial charge < -0.3 is 10.2 Å². The second kappa shape index (κ2) is 28.8. The zero-order valence-corrected chi connectivity index (χ0v) is 39.3. The maximum Gasteiger partial charge on any atom is 0.127 e. The molecule has 0 saturated heterocycles. The minimum atomic E-state index is 0.277. The molecule has 0 aliphatic heterocycles. The lowest BCUT2D eigenvalue weighted by molar-refractivity contribution is 0.461. The Bertz CT molecular complexity index is 1730. The zero-order chi connectivity index (χ0) is 42.9. The van der Waals surface area contributed by atoms with Crippen LogP contribution in [0.4, 0.5) is 0 Å². The van der Waals surface area contributed by atoms with Gasteiger partial charge in [-0.2, -0.15) is 0 Å². The first kappa shape index (κ1) is 50.6. The van der Waals surface area contributed by atoms with Crippen molar-refractivity contribution in [3.8, 4) is 11.5 Å². The van der Waals surface area contributed by atoms with E-state index in [1.54, 1.807) is 11.1 Å². The Morgan fingerprint density at radius 2 is 0.828 bits per heavy atom. The van der Waals surface area contributed by atoms with Gasteiger partial charge in [-0.25, -0.2) is 0 Å². The van der Waals surface area contributed by atoms with Gasteiger partial charge in [-0.15, -0.1) is 0 Å². The fourth-order valence-corrected chi connectivity index (χ4v) is 7.92. The SMILES string of the molecule is CC(C)=CCC/C(C)=C/CCC(C)CCC/C(C)=C/CC/C(C)=C/CC/C(C)=C\CC/C(C)=C/CCC(C)CCC/C(C)=C/Cc1c(C)c(O)c2ccccc2c1O. The van der Waals surface area contributed by atoms with Gasteiger partial charge in [-0.1, -0.05) is 132 Å². The van der Waals surface area contributed by atoms with Crippen LogP contribution >= 0.6 is 0 Å². The van der Waals surface area contributed by atoms with E-state index in [9.17, 15) is 10.2 Å². The smallest absolute Gasteiger partial charge is 0.127 e. The molecule has 2 unspecified atom stereocenters. The molecule has 0 fully saturated rings. The number of aromatic hydroxyl groups is 2. The van der Waals surface area contributed by atoms with Crippen LogP contribution in [0.3, 0.4) is 0 Å². The minimum Gasteiger partial charge on any atom is -0.507 e. The van der Waals surface area contributed by atoms with Crippen molar-refractivity contribution in [2.45, 2.75) is 198 Å². The lowest BCUT2D eigenvalue weighted by Crippen LogP contribution is -1.95. The molecule has 0 amide bonds. The summed E-state index contributed by atoms with van der Waals surface area (Å²) in [5.74, 6) is 2.10. The predicted octanol–water partition coefficient (Wildman–Crippen LogP) is 18.0. The first-order chi connectivity index (χ1) is 27.7. The molecular weight excluding hydrogens is 705 g/mol. The van der Waals surface area contributed by atoms with Crippen LogP contribution < -0.4 is 0 Å². The van der Waals surface area contributed by atoms with Gasteiger partial charge in [0.2, 0.25) is 0 Å². The molecule has 0 aliphatic carbocycles. The number of fused-ring (bicyclic) bond motifs is 1. The van der Waals surface area contributed by atoms with E-state index in [0.29, 0.717) is 23.5 Å². The number of allylic oxidation sites excluding steroid dienone is 14. The number of phenolic OH excluding ortho intramolecular Hbond substituents is 2. The molecule has 2 N–H and O–H groups in total. The summed E-state index contributed by atoms with van der Waals surface area (Å²) < 4.78 is 0. The quantitative estimate of drug-likeness (QED) is 0.0666. The normalized spacial score (nSPS) is 14.7. The summed E-state index contributed by atoms with van der Waals surface area (Å²) in [4.78, 5) is 0. The number of rotatable bonds is 28. The largest absolute Gasteiger partial charge is 0.507 e. The molecular formula is C56H86O2. The van der Waals surface area contributed by atoms with Crippen molar-refractivity contribution in [2.24, 2.45) is 11.8 Å². The van der Waals surface area contributed by atoms with Crippen molar-refractivity contribution in [2.75, 3.05) is 0 Å². The highest BCUT2D eigenvalue weighted by Crippen LogP contribution is 2.39. The fourth-order valence-electron chi connectivity index (χ4n) is 7.92. The van der Waals surface area contributed by atoms with E-state index in [0.717, 1.165) is 48.1 Å². The van der Waals surface area contributed by atoms with Gasteiger partial charge in [0.05, 0.1) is 0 Å². The summed E-state index contributed by atoms with van der Waals surface area (Å²) in [5.41, 5.74) is 12.1. The maximum atomic E-state index is 10.9. The molecule has 0 spiro atoms. The van der Waals surface area contributed by atoms with Crippen LogP contribution in [-0.4, -0.2) is 10.2 Å². The molecule has 0 aromatic heterocycles. The standard InChI is InChI=1S/C56H86O2/c1-42(2)22-14-23-43(3)24-15-25-44(4)26-16-27-45(5)28-17-29-46(6)30-18-31-47(7)32-19-33-48(8)34-20-35-49(9)36-21-37-50(10)40-41-52-51(11)55(57)53-38-12-13-39-54(53)56(52)58/h12-13,22,24,28,30,32,34,38-40,44,49,57-58H,14-21,23,25-27,29,31,33,35-37,41H2,1-11H3/b43-24+,45-28+,46-30+,47-32-,48-34+,50-40+. The Labute approximate surface area is 358 Å². The van der Waals surface area contributed by atoms with E-state index in [2.05, 4.69) is 112 Å². The Morgan fingerprint density at radius 3 is 1.26 bits per heavy atom. The molecule has 2 aromatic rings. The van der Waals surface area contributed by atoms with Crippen LogP contribution in [-0.2, 0) is 6.42 Å². The molecule has 322 valence electrons. The van der Waals surface area contributed by atoms with Crippen molar-refractivity contribution in [1.82, 2.24) is 0 Å². The average molecular weight is 791 g/mol. The highest BCUT2D eigenvalue weighted by atomic mass is 16.3. The van der Waals surface area contributed by atoms with Crippen molar-refractivity contribution in [3.05, 3.63) is 117 Å². The van der Waals surface area contributed by atoms with Crippen molar-refractivity contribution < 1.29 is 10.2 Å². The van der Waals surface area contributed by atoms with Crippen LogP contribution in [0, 0.1) is 18.8 Å². The second-order valence-electron chi connectivity index (χ2n) is 18.4. The van der Waals surface area contributed by atoms with E-state index in [4.69, 9.17) is 0 Å². The third kappa shape index (κ3) is 21.5. The van der Waals surface area contributed by atoms with Gasteiger partial charge >= 0.3 is 0 Å². The maximum absolute atomic E-state index is 10.9. The first-order valence-electron chi connectivity index (χ1n) is 23.2. The van der Waals surface area contributed by atoms with E-state index in [1.807, 2.05) is 31.2 Å². The van der Waals surface area contributed by atoms with Crippen LogP contribution in [0.15, 0.2) is 106 Å². The number of hydrogen-bond donors (Lipinski definition) is 2. The van der Waals surface area contributed by atoms with Gasteiger partial charge in [0, 0.05) is 16.3 Å². The molecule has 2 atom stereocenters. The number of phenols is 2. The molecule has 2 heteroatoms. The molecule has 0 aliphatic rings. The summed E-state index contributed by atoms with van der Waals surface area (Å²) in [5, 5.41) is 23.0. The fraction of sp³-hybridized carbons (Fsp3) is 0.571. The van der Waals surface area contributed by atoms with Crippen molar-refractivity contribution in [3.63, 3.8) is 0 Å². The van der Waals surface area contributed by atoms with E-state index >= 15 is 0 Å². The van der Waals surface area contributed by atoms with Crippen LogP contribution in [0.2, 0.25) is 0 Å². The van der Waals surface area contributed by atoms with Crippen LogP contribution in [0.1, 0.15) is 196 Å². The van der Waals surface area contributed by atoms with E-state index < -0.39 is 0 Å². The van der Waals surface area contributed by atoms with E-state index in [-0.39, 0.29) is 5.75 Å². The zero-order valence-electron chi connectivity index (χ0n) is 39.3. The topological polar surface area (TPSA) is 40.5 Å². The molecule has 0 bridgehead atoms. The van der Waals surface area contributed by atoms with Crippen molar-refractivity contribution >= 4 is 10.8 Å². The third-order valence-corrected chi connectivity index (χ3v) is 12.2. The third-order valence-electron chi connectivity index (χ3n) is 12.2. The Hall–Kier alpha value is -3.52. The Morgan fingerprint density at radius 1 is 0.466 bits per heavy atom. The number of hydrogen-bond acceptors (Lipinski definition) is 2. The van der Waals surface area contributed by atoms with Crippen LogP contribution in [0.25, 0.3) is 10.8 Å². The summed E-state index contributed by atoms with van der Waals surface area (Å²) in [6.07, 6.45) is 39.3. The van der Waals surface area contributed by atoms with E-state index in [1.165, 1.54) is 118 Å². The summed E-state index contributed by atoms with van der Waals surface area (Å²) in [6, 6.07) is 7.53. The highest BCUT2D eigenvalue weighted by Gasteiger charge is 2.15. The number of benzene rings is 2. The van der Waals surface area contributed by atoms with Gasteiger partial charge in [-0.3, -0.25) is 0 Å². The predicted molar refractivity (Wildman–Crippen MR) is 259 cm³/mol. The lowest BCUT2D eigenvalue weighted by atomic mass is 9.94. The second-order valence-corrected chi connectivity index (χ2v) is 18.4. The Kier molecular flexibility index (Phi) is 25.2. The van der Waals surface area contributed by atoms with Gasteiger partial charge in [-0.05, 0) is 189 Å². The molecule has 0 radical (unpaired) electrons. The summed E-state index contributed by atoms with van der Waals surface area (Å²) in [7, 11) is 0. The molecule has 0 heterocycles.